The smallest absolute Gasteiger partial charge is 0.244 e. The molecule has 0 fully saturated rings. The minimum atomic E-state index is -0.167. The summed E-state index contributed by atoms with van der Waals surface area (Å²) < 4.78 is 0. The number of carbonyl (C=O) groups excluding carboxylic acids is 2. The van der Waals surface area contributed by atoms with Crippen molar-refractivity contribution >= 4 is 23.2 Å². The quantitative estimate of drug-likeness (QED) is 0.889. The molecule has 7 nitrogen and oxygen atoms in total. The molecule has 0 unspecified atom stereocenters. The van der Waals surface area contributed by atoms with Crippen molar-refractivity contribution in [2.75, 3.05) is 29.9 Å². The molecule has 25 heavy (non-hydrogen) atoms. The Kier molecular flexibility index (Phi) is 3.93. The summed E-state index contributed by atoms with van der Waals surface area (Å²) in [6, 6.07) is 7.38. The van der Waals surface area contributed by atoms with Gasteiger partial charge in [0.05, 0.1) is 23.6 Å². The van der Waals surface area contributed by atoms with E-state index in [-0.39, 0.29) is 24.9 Å². The molecule has 1 N–H and O–H groups in total. The first-order chi connectivity index (χ1) is 12.1. The number of hydrogen-bond donors (Lipinski definition) is 1. The van der Waals surface area contributed by atoms with Gasteiger partial charge in [0, 0.05) is 19.3 Å². The van der Waals surface area contributed by atoms with Crippen molar-refractivity contribution in [1.82, 2.24) is 14.9 Å². The molecular weight excluding hydrogens is 318 g/mol. The maximum atomic E-state index is 12.8. The van der Waals surface area contributed by atoms with Crippen LogP contribution in [0.5, 0.6) is 0 Å². The van der Waals surface area contributed by atoms with E-state index < -0.39 is 0 Å². The topological polar surface area (TPSA) is 78.4 Å². The lowest BCUT2D eigenvalue weighted by atomic mass is 10.1. The van der Waals surface area contributed by atoms with Crippen molar-refractivity contribution in [2.24, 2.45) is 0 Å². The molecule has 2 aliphatic heterocycles. The Labute approximate surface area is 145 Å². The van der Waals surface area contributed by atoms with Gasteiger partial charge in [0.25, 0.3) is 0 Å². The van der Waals surface area contributed by atoms with Crippen molar-refractivity contribution in [1.29, 1.82) is 0 Å². The van der Waals surface area contributed by atoms with Crippen LogP contribution < -0.4 is 10.2 Å². The van der Waals surface area contributed by atoms with Gasteiger partial charge in [0.2, 0.25) is 11.8 Å². The molecule has 0 saturated carbocycles. The zero-order chi connectivity index (χ0) is 17.4. The number of amides is 2. The van der Waals surface area contributed by atoms with Gasteiger partial charge in [0.15, 0.2) is 0 Å². The third-order valence-corrected chi connectivity index (χ3v) is 4.58. The number of benzene rings is 1. The molecule has 128 valence electrons. The SMILES string of the molecule is Cc1ncc2c(n1)CN(CC(=O)N1CC(=O)Nc3ccccc31)CC2. The molecule has 2 amide bonds. The number of aryl methyl sites for hydroxylation is 1. The second-order valence-electron chi connectivity index (χ2n) is 6.40. The Morgan fingerprint density at radius 2 is 2.12 bits per heavy atom. The first-order valence-corrected chi connectivity index (χ1v) is 8.33. The van der Waals surface area contributed by atoms with Crippen LogP contribution in [-0.2, 0) is 22.6 Å². The average Bonchev–Trinajstić information content (AvgIpc) is 2.60. The fourth-order valence-corrected chi connectivity index (χ4v) is 3.32. The minimum Gasteiger partial charge on any atom is -0.323 e. The molecule has 0 aliphatic carbocycles. The highest BCUT2D eigenvalue weighted by atomic mass is 16.2. The lowest BCUT2D eigenvalue weighted by Crippen LogP contribution is -2.47. The average molecular weight is 337 g/mol. The van der Waals surface area contributed by atoms with Crippen LogP contribution >= 0.6 is 0 Å². The van der Waals surface area contributed by atoms with Gasteiger partial charge in [-0.15, -0.1) is 0 Å². The Bertz CT molecular complexity index is 851. The van der Waals surface area contributed by atoms with Gasteiger partial charge < -0.3 is 5.32 Å². The Hall–Kier alpha value is -2.80. The number of hydrogen-bond acceptors (Lipinski definition) is 5. The van der Waals surface area contributed by atoms with Gasteiger partial charge in [-0.1, -0.05) is 12.1 Å². The van der Waals surface area contributed by atoms with Gasteiger partial charge >= 0.3 is 0 Å². The van der Waals surface area contributed by atoms with Gasteiger partial charge in [-0.05, 0) is 31.0 Å². The van der Waals surface area contributed by atoms with E-state index in [0.717, 1.165) is 35.7 Å². The molecule has 0 atom stereocenters. The molecule has 4 rings (SSSR count). The zero-order valence-corrected chi connectivity index (χ0v) is 14.0. The van der Waals surface area contributed by atoms with Crippen molar-refractivity contribution < 1.29 is 9.59 Å². The first-order valence-electron chi connectivity index (χ1n) is 8.33. The summed E-state index contributed by atoms with van der Waals surface area (Å²) in [7, 11) is 0. The van der Waals surface area contributed by atoms with Gasteiger partial charge in [0.1, 0.15) is 12.4 Å². The van der Waals surface area contributed by atoms with Crippen LogP contribution in [0.2, 0.25) is 0 Å². The van der Waals surface area contributed by atoms with Crippen molar-refractivity contribution in [3.8, 4) is 0 Å². The second kappa shape index (κ2) is 6.25. The normalized spacial score (nSPS) is 16.8. The largest absolute Gasteiger partial charge is 0.323 e. The van der Waals surface area contributed by atoms with E-state index in [9.17, 15) is 9.59 Å². The van der Waals surface area contributed by atoms with Crippen LogP contribution in [0.15, 0.2) is 30.5 Å². The molecule has 0 saturated heterocycles. The third kappa shape index (κ3) is 3.10. The monoisotopic (exact) mass is 337 g/mol. The Balaban J connectivity index is 1.50. The molecule has 7 heteroatoms. The highest BCUT2D eigenvalue weighted by molar-refractivity contribution is 6.10. The summed E-state index contributed by atoms with van der Waals surface area (Å²) in [5.41, 5.74) is 3.57. The molecule has 1 aromatic heterocycles. The van der Waals surface area contributed by atoms with Gasteiger partial charge in [-0.3, -0.25) is 19.4 Å². The van der Waals surface area contributed by atoms with E-state index in [1.165, 1.54) is 0 Å². The maximum Gasteiger partial charge on any atom is 0.244 e. The van der Waals surface area contributed by atoms with E-state index in [0.29, 0.717) is 12.2 Å². The zero-order valence-electron chi connectivity index (χ0n) is 14.0. The number of anilines is 2. The summed E-state index contributed by atoms with van der Waals surface area (Å²) in [4.78, 5) is 37.1. The molecule has 0 bridgehead atoms. The number of aromatic nitrogens is 2. The fraction of sp³-hybridized carbons (Fsp3) is 0.333. The lowest BCUT2D eigenvalue weighted by Gasteiger charge is -2.32. The lowest BCUT2D eigenvalue weighted by molar-refractivity contribution is -0.122. The van der Waals surface area contributed by atoms with E-state index >= 15 is 0 Å². The van der Waals surface area contributed by atoms with Crippen LogP contribution in [0, 0.1) is 6.92 Å². The van der Waals surface area contributed by atoms with Crippen LogP contribution in [0.25, 0.3) is 0 Å². The van der Waals surface area contributed by atoms with Crippen molar-refractivity contribution in [3.63, 3.8) is 0 Å². The van der Waals surface area contributed by atoms with Crippen LogP contribution in [0.1, 0.15) is 17.1 Å². The summed E-state index contributed by atoms with van der Waals surface area (Å²) in [6.45, 7) is 3.61. The molecular formula is C18H19N5O2. The predicted octanol–water partition coefficient (Wildman–Crippen LogP) is 1.13. The first kappa shape index (κ1) is 15.7. The number of nitrogens with one attached hydrogen (secondary N) is 1. The highest BCUT2D eigenvalue weighted by Crippen LogP contribution is 2.29. The third-order valence-electron chi connectivity index (χ3n) is 4.58. The van der Waals surface area contributed by atoms with Crippen molar-refractivity contribution in [3.05, 3.63) is 47.5 Å². The van der Waals surface area contributed by atoms with Gasteiger partial charge in [-0.2, -0.15) is 0 Å². The number of rotatable bonds is 2. The molecule has 0 spiro atoms. The van der Waals surface area contributed by atoms with E-state index in [4.69, 9.17) is 0 Å². The van der Waals surface area contributed by atoms with Gasteiger partial charge in [-0.25, -0.2) is 9.97 Å². The van der Waals surface area contributed by atoms with E-state index in [1.54, 1.807) is 4.90 Å². The standard InChI is InChI=1S/C18H19N5O2/c1-12-19-8-13-6-7-22(9-15(13)20-12)11-18(25)23-10-17(24)21-14-4-2-3-5-16(14)23/h2-5,8H,6-7,9-11H2,1H3,(H,21,24). The number of para-hydroxylation sites is 2. The van der Waals surface area contributed by atoms with E-state index in [2.05, 4.69) is 20.2 Å². The molecule has 2 aliphatic rings. The highest BCUT2D eigenvalue weighted by Gasteiger charge is 2.28. The summed E-state index contributed by atoms with van der Waals surface area (Å²) in [5, 5.41) is 2.80. The van der Waals surface area contributed by atoms with Crippen LogP contribution in [0.4, 0.5) is 11.4 Å². The van der Waals surface area contributed by atoms with Crippen molar-refractivity contribution in [2.45, 2.75) is 19.9 Å². The molecule has 0 radical (unpaired) electrons. The Morgan fingerprint density at radius 1 is 1.28 bits per heavy atom. The summed E-state index contributed by atoms with van der Waals surface area (Å²) >= 11 is 0. The molecule has 2 aromatic rings. The molecule has 1 aromatic carbocycles. The second-order valence-corrected chi connectivity index (χ2v) is 6.40. The van der Waals surface area contributed by atoms with E-state index in [1.807, 2.05) is 37.4 Å². The van der Waals surface area contributed by atoms with Crippen LogP contribution in [0.3, 0.4) is 0 Å². The van der Waals surface area contributed by atoms with Crippen LogP contribution in [-0.4, -0.2) is 46.3 Å². The number of carbonyl (C=O) groups is 2. The number of nitrogens with zero attached hydrogens (tertiary/aromatic N) is 4. The maximum absolute atomic E-state index is 12.8. The number of fused-ring (bicyclic) bond motifs is 2. The molecule has 3 heterocycles. The summed E-state index contributed by atoms with van der Waals surface area (Å²) in [6.07, 6.45) is 2.71. The fourth-order valence-electron chi connectivity index (χ4n) is 3.32. The predicted molar refractivity (Wildman–Crippen MR) is 93.2 cm³/mol. The summed E-state index contributed by atoms with van der Waals surface area (Å²) in [5.74, 6) is 0.504. The Morgan fingerprint density at radius 3 is 3.00 bits per heavy atom. The minimum absolute atomic E-state index is 0.0571.